The Hall–Kier alpha value is -0.750. The molecule has 2 N–H and O–H groups in total. The van der Waals surface area contributed by atoms with Crippen molar-refractivity contribution in [3.8, 4) is 0 Å². The predicted molar refractivity (Wildman–Crippen MR) is 48.3 cm³/mol. The fraction of sp³-hybridized carbons (Fsp3) is 0.250. The normalized spacial score (nSPS) is 15.2. The highest BCUT2D eigenvalue weighted by molar-refractivity contribution is 7.77. The molecule has 1 aromatic carbocycles. The van der Waals surface area contributed by atoms with Crippen LogP contribution >= 0.6 is 0 Å². The fourth-order valence-electron chi connectivity index (χ4n) is 1.01. The number of benzene rings is 1. The van der Waals surface area contributed by atoms with Crippen LogP contribution < -0.4 is 4.72 Å². The lowest BCUT2D eigenvalue weighted by atomic mass is 10.1. The maximum Gasteiger partial charge on any atom is 0.0665 e. The van der Waals surface area contributed by atoms with Gasteiger partial charge in [-0.2, -0.15) is 0 Å². The lowest BCUT2D eigenvalue weighted by Gasteiger charge is -2.17. The summed E-state index contributed by atoms with van der Waals surface area (Å²) in [5.74, 6) is 0. The SMILES string of the molecule is O=S([O-])NC(CO)c1ccccc1. The highest BCUT2D eigenvalue weighted by Gasteiger charge is 2.08. The van der Waals surface area contributed by atoms with Crippen LogP contribution in [0.3, 0.4) is 0 Å². The Morgan fingerprint density at radius 2 is 2.08 bits per heavy atom. The second-order valence-electron chi connectivity index (χ2n) is 2.50. The molecule has 0 bridgehead atoms. The van der Waals surface area contributed by atoms with Crippen molar-refractivity contribution in [2.24, 2.45) is 0 Å². The van der Waals surface area contributed by atoms with E-state index in [1.54, 1.807) is 24.3 Å². The highest BCUT2D eigenvalue weighted by Crippen LogP contribution is 2.11. The van der Waals surface area contributed by atoms with Gasteiger partial charge in [0.25, 0.3) is 0 Å². The fourth-order valence-corrected chi connectivity index (χ4v) is 1.46. The van der Waals surface area contributed by atoms with Gasteiger partial charge in [0, 0.05) is 11.3 Å². The van der Waals surface area contributed by atoms with Crippen molar-refractivity contribution in [3.63, 3.8) is 0 Å². The molecule has 1 aromatic rings. The van der Waals surface area contributed by atoms with Gasteiger partial charge in [-0.1, -0.05) is 30.3 Å². The number of hydrogen-bond acceptors (Lipinski definition) is 3. The zero-order valence-corrected chi connectivity index (χ0v) is 7.66. The summed E-state index contributed by atoms with van der Waals surface area (Å²) in [7, 11) is 0. The Balaban J connectivity index is 2.73. The first-order valence-electron chi connectivity index (χ1n) is 3.75. The molecular weight excluding hydrogens is 190 g/mol. The van der Waals surface area contributed by atoms with E-state index in [2.05, 4.69) is 4.72 Å². The average Bonchev–Trinajstić information content (AvgIpc) is 2.15. The molecule has 5 heteroatoms. The van der Waals surface area contributed by atoms with E-state index in [0.29, 0.717) is 0 Å². The third kappa shape index (κ3) is 3.23. The summed E-state index contributed by atoms with van der Waals surface area (Å²) in [5.41, 5.74) is 0.745. The van der Waals surface area contributed by atoms with E-state index < -0.39 is 17.3 Å². The summed E-state index contributed by atoms with van der Waals surface area (Å²) >= 11 is -2.36. The monoisotopic (exact) mass is 200 g/mol. The van der Waals surface area contributed by atoms with E-state index in [0.717, 1.165) is 5.56 Å². The van der Waals surface area contributed by atoms with Crippen molar-refractivity contribution < 1.29 is 13.9 Å². The lowest BCUT2D eigenvalue weighted by Crippen LogP contribution is -2.25. The molecule has 0 radical (unpaired) electrons. The Morgan fingerprint density at radius 3 is 2.54 bits per heavy atom. The maximum atomic E-state index is 10.3. The highest BCUT2D eigenvalue weighted by atomic mass is 32.2. The number of aliphatic hydroxyl groups excluding tert-OH is 1. The van der Waals surface area contributed by atoms with E-state index in [-0.39, 0.29) is 6.61 Å². The molecule has 1 rings (SSSR count). The molecule has 0 fully saturated rings. The van der Waals surface area contributed by atoms with E-state index in [1.807, 2.05) is 6.07 Å². The average molecular weight is 200 g/mol. The molecule has 72 valence electrons. The zero-order valence-electron chi connectivity index (χ0n) is 6.84. The van der Waals surface area contributed by atoms with E-state index in [1.165, 1.54) is 0 Å². The van der Waals surface area contributed by atoms with Crippen molar-refractivity contribution in [3.05, 3.63) is 35.9 Å². The summed E-state index contributed by atoms with van der Waals surface area (Å²) in [5, 5.41) is 8.89. The van der Waals surface area contributed by atoms with Gasteiger partial charge >= 0.3 is 0 Å². The predicted octanol–water partition coefficient (Wildman–Crippen LogP) is 0.104. The molecular formula is C8H10NO3S-. The van der Waals surface area contributed by atoms with Crippen LogP contribution in [-0.2, 0) is 11.3 Å². The van der Waals surface area contributed by atoms with Gasteiger partial charge in [-0.15, -0.1) is 0 Å². The van der Waals surface area contributed by atoms with Crippen molar-refractivity contribution in [2.45, 2.75) is 6.04 Å². The molecule has 0 saturated heterocycles. The van der Waals surface area contributed by atoms with Crippen LogP contribution in [0.2, 0.25) is 0 Å². The molecule has 0 saturated carbocycles. The number of aliphatic hydroxyl groups is 1. The quantitative estimate of drug-likeness (QED) is 0.677. The van der Waals surface area contributed by atoms with Gasteiger partial charge in [0.05, 0.1) is 12.6 Å². The third-order valence-corrected chi connectivity index (χ3v) is 2.10. The minimum atomic E-state index is -2.36. The Labute approximate surface area is 79.0 Å². The van der Waals surface area contributed by atoms with Crippen LogP contribution in [0.25, 0.3) is 0 Å². The molecule has 2 unspecified atom stereocenters. The molecule has 2 atom stereocenters. The minimum absolute atomic E-state index is 0.252. The van der Waals surface area contributed by atoms with E-state index in [4.69, 9.17) is 5.11 Å². The molecule has 0 heterocycles. The largest absolute Gasteiger partial charge is 0.760 e. The molecule has 13 heavy (non-hydrogen) atoms. The van der Waals surface area contributed by atoms with Crippen LogP contribution in [0.4, 0.5) is 0 Å². The van der Waals surface area contributed by atoms with Gasteiger partial charge in [0.2, 0.25) is 0 Å². The topological polar surface area (TPSA) is 72.4 Å². The summed E-state index contributed by atoms with van der Waals surface area (Å²) in [6.07, 6.45) is 0. The Bertz CT molecular complexity index is 278. The van der Waals surface area contributed by atoms with Gasteiger partial charge < -0.3 is 9.66 Å². The molecule has 0 aliphatic heterocycles. The summed E-state index contributed by atoms with van der Waals surface area (Å²) in [4.78, 5) is 0. The van der Waals surface area contributed by atoms with Crippen LogP contribution in [0.5, 0.6) is 0 Å². The van der Waals surface area contributed by atoms with Crippen LogP contribution in [0.1, 0.15) is 11.6 Å². The van der Waals surface area contributed by atoms with Gasteiger partial charge in [-0.05, 0) is 5.56 Å². The number of nitrogens with one attached hydrogen (secondary N) is 1. The van der Waals surface area contributed by atoms with Gasteiger partial charge in [0.15, 0.2) is 0 Å². The van der Waals surface area contributed by atoms with Crippen molar-refractivity contribution in [2.75, 3.05) is 6.61 Å². The maximum absolute atomic E-state index is 10.3. The summed E-state index contributed by atoms with van der Waals surface area (Å²) in [6, 6.07) is 8.34. The van der Waals surface area contributed by atoms with Gasteiger partial charge in [-0.25, -0.2) is 4.72 Å². The second kappa shape index (κ2) is 5.08. The first-order valence-corrected chi connectivity index (χ1v) is 4.82. The van der Waals surface area contributed by atoms with Crippen LogP contribution in [-0.4, -0.2) is 20.5 Å². The molecule has 0 aromatic heterocycles. The number of rotatable bonds is 4. The van der Waals surface area contributed by atoms with E-state index >= 15 is 0 Å². The zero-order chi connectivity index (χ0) is 9.68. The minimum Gasteiger partial charge on any atom is -0.760 e. The molecule has 0 spiro atoms. The van der Waals surface area contributed by atoms with Crippen molar-refractivity contribution in [1.29, 1.82) is 0 Å². The number of hydrogen-bond donors (Lipinski definition) is 2. The van der Waals surface area contributed by atoms with E-state index in [9.17, 15) is 8.76 Å². The second-order valence-corrected chi connectivity index (χ2v) is 3.20. The Morgan fingerprint density at radius 1 is 1.46 bits per heavy atom. The van der Waals surface area contributed by atoms with Crippen LogP contribution in [0, 0.1) is 0 Å². The molecule has 4 nitrogen and oxygen atoms in total. The molecule has 0 aliphatic carbocycles. The van der Waals surface area contributed by atoms with Crippen molar-refractivity contribution >= 4 is 11.3 Å². The smallest absolute Gasteiger partial charge is 0.0665 e. The summed E-state index contributed by atoms with van der Waals surface area (Å²) < 4.78 is 22.9. The molecule has 0 amide bonds. The third-order valence-electron chi connectivity index (χ3n) is 1.62. The van der Waals surface area contributed by atoms with Crippen molar-refractivity contribution in [1.82, 2.24) is 4.72 Å². The first kappa shape index (κ1) is 10.3. The summed E-state index contributed by atoms with van der Waals surface area (Å²) in [6.45, 7) is -0.252. The molecule has 0 aliphatic rings. The first-order chi connectivity index (χ1) is 6.24. The van der Waals surface area contributed by atoms with Gasteiger partial charge in [-0.3, -0.25) is 4.21 Å². The van der Waals surface area contributed by atoms with Gasteiger partial charge in [0.1, 0.15) is 0 Å². The standard InChI is InChI=1S/C8H11NO3S/c10-6-8(9-13(11)12)7-4-2-1-3-5-7/h1-5,8-10H,6H2,(H,11,12)/p-1. The Kier molecular flexibility index (Phi) is 4.04. The van der Waals surface area contributed by atoms with Crippen LogP contribution in [0.15, 0.2) is 30.3 Å². The lowest BCUT2D eigenvalue weighted by molar-refractivity contribution is 0.258.